The molecule has 2 aromatic heterocycles. The smallest absolute Gasteiger partial charge is 0.416 e. The lowest BCUT2D eigenvalue weighted by Gasteiger charge is -2.41. The largest absolute Gasteiger partial charge is 0.492 e. The molecule has 204 valence electrons. The number of rotatable bonds is 4. The van der Waals surface area contributed by atoms with E-state index in [-0.39, 0.29) is 23.9 Å². The summed E-state index contributed by atoms with van der Waals surface area (Å²) in [6.07, 6.45) is 1.10. The monoisotopic (exact) mass is 547 g/mol. The zero-order valence-corrected chi connectivity index (χ0v) is 21.3. The maximum atomic E-state index is 13.8. The van der Waals surface area contributed by atoms with Crippen LogP contribution in [0.5, 0.6) is 5.75 Å². The minimum atomic E-state index is -4.54. The van der Waals surface area contributed by atoms with Gasteiger partial charge in [-0.1, -0.05) is 6.58 Å². The number of carbonyl (C=O) groups excluding carboxylic acids is 1. The summed E-state index contributed by atoms with van der Waals surface area (Å²) in [4.78, 5) is 25.1. The second-order valence-corrected chi connectivity index (χ2v) is 9.83. The Hall–Kier alpha value is -4.66. The number of fused-ring (bicyclic) bond motifs is 4. The maximum absolute atomic E-state index is 13.8. The highest BCUT2D eigenvalue weighted by atomic mass is 19.4. The van der Waals surface area contributed by atoms with Crippen molar-refractivity contribution in [1.82, 2.24) is 25.1 Å². The number of hydrogen-bond acceptors (Lipinski definition) is 7. The fourth-order valence-corrected chi connectivity index (χ4v) is 5.70. The van der Waals surface area contributed by atoms with Crippen LogP contribution in [-0.2, 0) is 17.4 Å². The molecule has 1 N–H and O–H groups in total. The third kappa shape index (κ3) is 4.27. The van der Waals surface area contributed by atoms with Crippen LogP contribution in [0, 0.1) is 11.3 Å². The molecular weight excluding hydrogens is 523 g/mol. The van der Waals surface area contributed by atoms with E-state index in [1.165, 1.54) is 18.6 Å². The highest BCUT2D eigenvalue weighted by Gasteiger charge is 2.34. The summed E-state index contributed by atoms with van der Waals surface area (Å²) in [6, 6.07) is 5.80. The Labute approximate surface area is 226 Å². The van der Waals surface area contributed by atoms with Gasteiger partial charge in [-0.15, -0.1) is 0 Å². The third-order valence-electron chi connectivity index (χ3n) is 7.52. The molecule has 6 rings (SSSR count). The van der Waals surface area contributed by atoms with E-state index in [1.807, 2.05) is 4.90 Å². The fourth-order valence-electron chi connectivity index (χ4n) is 5.70. The van der Waals surface area contributed by atoms with Gasteiger partial charge in [0.05, 0.1) is 53.3 Å². The van der Waals surface area contributed by atoms with Crippen LogP contribution in [-0.4, -0.2) is 63.3 Å². The van der Waals surface area contributed by atoms with Crippen molar-refractivity contribution in [3.8, 4) is 22.9 Å². The number of H-pyrrole nitrogens is 1. The minimum absolute atomic E-state index is 0.147. The van der Waals surface area contributed by atoms with Crippen LogP contribution in [0.3, 0.4) is 0 Å². The number of nitriles is 1. The first-order valence-corrected chi connectivity index (χ1v) is 12.8. The predicted molar refractivity (Wildman–Crippen MR) is 142 cm³/mol. The summed E-state index contributed by atoms with van der Waals surface area (Å²) in [7, 11) is 0. The van der Waals surface area contributed by atoms with E-state index in [0.717, 1.165) is 17.7 Å². The van der Waals surface area contributed by atoms with Crippen LogP contribution in [0.1, 0.15) is 24.0 Å². The number of halogens is 3. The molecule has 2 aliphatic rings. The standard InChI is InChI=1S/C28H24F3N7O2/c1-2-24(39)38-8-7-37(14-17(38)5-6-32)27-25-23(33-15-34-27)12-20(18-4-3-9-40-26(18)25)19-10-16(28(29,30)31)11-22-21(19)13-35-36-22/h2,10-13,15,17H,1,3-5,7-9,14H2,(H,35,36)/t17-/m0/s1. The first-order chi connectivity index (χ1) is 19.3. The number of anilines is 1. The lowest BCUT2D eigenvalue weighted by atomic mass is 9.89. The van der Waals surface area contributed by atoms with E-state index in [2.05, 4.69) is 32.8 Å². The fraction of sp³-hybridized carbons (Fsp3) is 0.321. The summed E-state index contributed by atoms with van der Waals surface area (Å²) in [5.41, 5.74) is 1.82. The summed E-state index contributed by atoms with van der Waals surface area (Å²) < 4.78 is 47.7. The number of nitrogens with one attached hydrogen (secondary N) is 1. The minimum Gasteiger partial charge on any atom is -0.492 e. The lowest BCUT2D eigenvalue weighted by molar-refractivity contribution is -0.137. The Morgan fingerprint density at radius 2 is 2.10 bits per heavy atom. The van der Waals surface area contributed by atoms with Crippen molar-refractivity contribution in [2.75, 3.05) is 31.1 Å². The second kappa shape index (κ2) is 9.82. The van der Waals surface area contributed by atoms with Gasteiger partial charge in [0.2, 0.25) is 5.91 Å². The molecule has 1 amide bonds. The lowest BCUT2D eigenvalue weighted by Crippen LogP contribution is -2.55. The number of alkyl halides is 3. The van der Waals surface area contributed by atoms with E-state index in [4.69, 9.17) is 4.74 Å². The normalized spacial score (nSPS) is 17.4. The van der Waals surface area contributed by atoms with Crippen molar-refractivity contribution in [2.45, 2.75) is 31.5 Å². The first kappa shape index (κ1) is 25.6. The topological polar surface area (TPSA) is 111 Å². The number of aromatic amines is 1. The molecule has 2 aliphatic heterocycles. The molecule has 1 atom stereocenters. The van der Waals surface area contributed by atoms with Gasteiger partial charge in [0.15, 0.2) is 0 Å². The Bertz CT molecular complexity index is 1690. The summed E-state index contributed by atoms with van der Waals surface area (Å²) in [6.45, 7) is 5.24. The quantitative estimate of drug-likeness (QED) is 0.371. The second-order valence-electron chi connectivity index (χ2n) is 9.83. The molecule has 0 spiro atoms. The molecule has 0 aliphatic carbocycles. The molecule has 4 aromatic rings. The molecule has 2 aromatic carbocycles. The molecule has 0 bridgehead atoms. The average molecular weight is 548 g/mol. The Morgan fingerprint density at radius 3 is 2.88 bits per heavy atom. The van der Waals surface area contributed by atoms with E-state index in [1.54, 1.807) is 11.0 Å². The molecule has 9 nitrogen and oxygen atoms in total. The van der Waals surface area contributed by atoms with Gasteiger partial charge in [0, 0.05) is 30.6 Å². The predicted octanol–water partition coefficient (Wildman–Crippen LogP) is 4.63. The molecule has 40 heavy (non-hydrogen) atoms. The highest BCUT2D eigenvalue weighted by Crippen LogP contribution is 2.46. The zero-order valence-electron chi connectivity index (χ0n) is 21.3. The molecular formula is C28H24F3N7O2. The number of aromatic nitrogens is 4. The van der Waals surface area contributed by atoms with Crippen molar-refractivity contribution < 1.29 is 22.7 Å². The third-order valence-corrected chi connectivity index (χ3v) is 7.52. The SMILES string of the molecule is C=CC(=O)N1CCN(c2ncnc3cc(-c4cc(C(F)(F)F)cc5[nH]ncc45)c4c(c23)OCCC4)C[C@@H]1CC#N. The van der Waals surface area contributed by atoms with Gasteiger partial charge in [0.25, 0.3) is 0 Å². The van der Waals surface area contributed by atoms with Crippen LogP contribution in [0.25, 0.3) is 32.9 Å². The molecule has 0 saturated carbocycles. The summed E-state index contributed by atoms with van der Waals surface area (Å²) in [5.74, 6) is 0.912. The van der Waals surface area contributed by atoms with Gasteiger partial charge in [-0.2, -0.15) is 23.5 Å². The molecule has 12 heteroatoms. The molecule has 1 saturated heterocycles. The number of benzene rings is 2. The maximum Gasteiger partial charge on any atom is 0.416 e. The number of piperazine rings is 1. The van der Waals surface area contributed by atoms with Gasteiger partial charge in [0.1, 0.15) is 17.9 Å². The Balaban J connectivity index is 1.52. The summed E-state index contributed by atoms with van der Waals surface area (Å²) in [5, 5.41) is 17.3. The van der Waals surface area contributed by atoms with Crippen molar-refractivity contribution in [1.29, 1.82) is 5.26 Å². The molecule has 4 heterocycles. The number of carbonyl (C=O) groups is 1. The van der Waals surface area contributed by atoms with Crippen molar-refractivity contribution >= 4 is 33.5 Å². The first-order valence-electron chi connectivity index (χ1n) is 12.8. The van der Waals surface area contributed by atoms with E-state index >= 15 is 0 Å². The van der Waals surface area contributed by atoms with Gasteiger partial charge in [-0.05, 0) is 48.2 Å². The number of hydrogen-bond donors (Lipinski definition) is 1. The number of ether oxygens (including phenoxy) is 1. The van der Waals surface area contributed by atoms with E-state index < -0.39 is 11.7 Å². The summed E-state index contributed by atoms with van der Waals surface area (Å²) >= 11 is 0. The Kier molecular flexibility index (Phi) is 6.29. The average Bonchev–Trinajstić information content (AvgIpc) is 3.44. The molecule has 1 fully saturated rings. The van der Waals surface area contributed by atoms with Crippen LogP contribution in [0.2, 0.25) is 0 Å². The van der Waals surface area contributed by atoms with Crippen molar-refractivity contribution in [2.24, 2.45) is 0 Å². The zero-order chi connectivity index (χ0) is 28.0. The van der Waals surface area contributed by atoms with Crippen LogP contribution >= 0.6 is 0 Å². The van der Waals surface area contributed by atoms with Gasteiger partial charge < -0.3 is 14.5 Å². The van der Waals surface area contributed by atoms with Crippen LogP contribution in [0.15, 0.2) is 43.4 Å². The van der Waals surface area contributed by atoms with Gasteiger partial charge >= 0.3 is 6.18 Å². The number of amides is 1. The van der Waals surface area contributed by atoms with E-state index in [0.29, 0.717) is 78.1 Å². The van der Waals surface area contributed by atoms with Crippen molar-refractivity contribution in [3.05, 3.63) is 54.5 Å². The van der Waals surface area contributed by atoms with Crippen LogP contribution in [0.4, 0.5) is 19.0 Å². The van der Waals surface area contributed by atoms with Gasteiger partial charge in [-0.25, -0.2) is 9.97 Å². The molecule has 0 radical (unpaired) electrons. The Morgan fingerprint density at radius 1 is 1.25 bits per heavy atom. The van der Waals surface area contributed by atoms with Crippen molar-refractivity contribution in [3.63, 3.8) is 0 Å². The van der Waals surface area contributed by atoms with E-state index in [9.17, 15) is 23.2 Å². The highest BCUT2D eigenvalue weighted by molar-refractivity contribution is 6.04. The molecule has 0 unspecified atom stereocenters. The van der Waals surface area contributed by atoms with Gasteiger partial charge in [-0.3, -0.25) is 9.89 Å². The number of nitrogens with zero attached hydrogens (tertiary/aromatic N) is 6. The van der Waals surface area contributed by atoms with Crippen LogP contribution < -0.4 is 9.64 Å².